The standard InChI is InChI=1S/C66H127NO5/c1-3-5-7-9-11-13-15-17-19-20-21-22-23-24-25-26-27-31-34-38-42-46-50-54-58-64(69)63(62-68)67-65(70)59-55-51-47-43-39-35-32-28-29-33-37-41-45-49-53-57-61-72-66(71)60-56-52-48-44-40-36-30-18-16-14-12-10-8-6-4-2/h28,32,54,58,63-64,68-69H,3-27,29-31,33-53,55-57,59-62H2,1-2H3,(H,67,70)/b32-28-,58-54+. The summed E-state index contributed by atoms with van der Waals surface area (Å²) in [5.74, 6) is -0.0813. The fraction of sp³-hybridized carbons (Fsp3) is 0.909. The molecule has 0 spiro atoms. The lowest BCUT2D eigenvalue weighted by atomic mass is 10.0. The molecule has 3 N–H and O–H groups in total. The summed E-state index contributed by atoms with van der Waals surface area (Å²) in [6, 6.07) is -0.641. The number of aliphatic hydroxyl groups excluding tert-OH is 2. The lowest BCUT2D eigenvalue weighted by Gasteiger charge is -2.20. The molecule has 0 aliphatic carbocycles. The highest BCUT2D eigenvalue weighted by atomic mass is 16.5. The van der Waals surface area contributed by atoms with Crippen LogP contribution in [0.5, 0.6) is 0 Å². The third-order valence-corrected chi connectivity index (χ3v) is 15.2. The van der Waals surface area contributed by atoms with Gasteiger partial charge in [-0.05, 0) is 57.8 Å². The Balaban J connectivity index is 3.48. The van der Waals surface area contributed by atoms with Crippen LogP contribution in [-0.4, -0.2) is 47.4 Å². The highest BCUT2D eigenvalue weighted by Crippen LogP contribution is 2.18. The number of hydrogen-bond donors (Lipinski definition) is 3. The third-order valence-electron chi connectivity index (χ3n) is 15.2. The van der Waals surface area contributed by atoms with Gasteiger partial charge in [0.2, 0.25) is 5.91 Å². The van der Waals surface area contributed by atoms with Crippen molar-refractivity contribution in [2.45, 2.75) is 373 Å². The van der Waals surface area contributed by atoms with Crippen molar-refractivity contribution in [3.63, 3.8) is 0 Å². The summed E-state index contributed by atoms with van der Waals surface area (Å²) in [5, 5.41) is 23.2. The summed E-state index contributed by atoms with van der Waals surface area (Å²) in [4.78, 5) is 24.6. The maximum absolute atomic E-state index is 12.5. The summed E-state index contributed by atoms with van der Waals surface area (Å²) >= 11 is 0. The molecule has 6 nitrogen and oxygen atoms in total. The summed E-state index contributed by atoms with van der Waals surface area (Å²) in [6.45, 7) is 4.91. The molecule has 426 valence electrons. The minimum Gasteiger partial charge on any atom is -0.466 e. The van der Waals surface area contributed by atoms with Gasteiger partial charge in [-0.25, -0.2) is 0 Å². The second-order valence-electron chi connectivity index (χ2n) is 22.5. The van der Waals surface area contributed by atoms with E-state index in [9.17, 15) is 19.8 Å². The zero-order chi connectivity index (χ0) is 52.2. The maximum atomic E-state index is 12.5. The molecule has 72 heavy (non-hydrogen) atoms. The van der Waals surface area contributed by atoms with Crippen molar-refractivity contribution in [1.82, 2.24) is 5.32 Å². The maximum Gasteiger partial charge on any atom is 0.305 e. The molecular weight excluding hydrogens is 887 g/mol. The van der Waals surface area contributed by atoms with Crippen molar-refractivity contribution < 1.29 is 24.5 Å². The van der Waals surface area contributed by atoms with Crippen LogP contribution in [0.2, 0.25) is 0 Å². The first kappa shape index (κ1) is 70.3. The number of hydrogen-bond acceptors (Lipinski definition) is 5. The van der Waals surface area contributed by atoms with Gasteiger partial charge in [0.05, 0.1) is 25.4 Å². The molecular formula is C66H127NO5. The number of carbonyl (C=O) groups is 2. The van der Waals surface area contributed by atoms with Crippen LogP contribution in [0.1, 0.15) is 361 Å². The zero-order valence-electron chi connectivity index (χ0n) is 48.7. The van der Waals surface area contributed by atoms with Crippen molar-refractivity contribution >= 4 is 11.9 Å². The fourth-order valence-corrected chi connectivity index (χ4v) is 10.2. The highest BCUT2D eigenvalue weighted by Gasteiger charge is 2.18. The van der Waals surface area contributed by atoms with E-state index in [2.05, 4.69) is 31.3 Å². The first-order valence-corrected chi connectivity index (χ1v) is 32.6. The van der Waals surface area contributed by atoms with Crippen LogP contribution < -0.4 is 5.32 Å². The molecule has 0 aromatic rings. The van der Waals surface area contributed by atoms with Crippen molar-refractivity contribution in [2.24, 2.45) is 0 Å². The number of nitrogens with one attached hydrogen (secondary N) is 1. The number of esters is 1. The number of ether oxygens (including phenoxy) is 1. The lowest BCUT2D eigenvalue weighted by molar-refractivity contribution is -0.143. The minimum absolute atomic E-state index is 0.000146. The predicted molar refractivity (Wildman–Crippen MR) is 315 cm³/mol. The Morgan fingerprint density at radius 1 is 0.375 bits per heavy atom. The molecule has 0 radical (unpaired) electrons. The van der Waals surface area contributed by atoms with Gasteiger partial charge in [0, 0.05) is 12.8 Å². The molecule has 0 fully saturated rings. The monoisotopic (exact) mass is 1010 g/mol. The van der Waals surface area contributed by atoms with E-state index in [-0.39, 0.29) is 18.5 Å². The largest absolute Gasteiger partial charge is 0.466 e. The summed E-state index contributed by atoms with van der Waals surface area (Å²) in [6.07, 6.45) is 76.5. The number of carbonyl (C=O) groups excluding carboxylic acids is 2. The second-order valence-corrected chi connectivity index (χ2v) is 22.5. The van der Waals surface area contributed by atoms with Crippen molar-refractivity contribution in [2.75, 3.05) is 13.2 Å². The van der Waals surface area contributed by atoms with E-state index in [0.717, 1.165) is 64.2 Å². The molecule has 0 rings (SSSR count). The van der Waals surface area contributed by atoms with Crippen LogP contribution >= 0.6 is 0 Å². The van der Waals surface area contributed by atoms with Gasteiger partial charge in [0.25, 0.3) is 0 Å². The SMILES string of the molecule is CCCCCCCCCCCCCCCCCCCCCCCC/C=C/C(O)C(CO)NC(=O)CCCCCCC/C=C\CCCCCCCCCOC(=O)CCCCCCCCCCCCCCCCC. The highest BCUT2D eigenvalue weighted by molar-refractivity contribution is 5.76. The van der Waals surface area contributed by atoms with Gasteiger partial charge in [-0.15, -0.1) is 0 Å². The van der Waals surface area contributed by atoms with Crippen LogP contribution in [0.4, 0.5) is 0 Å². The van der Waals surface area contributed by atoms with Gasteiger partial charge in [-0.3, -0.25) is 9.59 Å². The van der Waals surface area contributed by atoms with Gasteiger partial charge in [-0.1, -0.05) is 314 Å². The number of amides is 1. The second kappa shape index (κ2) is 61.9. The Morgan fingerprint density at radius 2 is 0.653 bits per heavy atom. The average molecular weight is 1010 g/mol. The third kappa shape index (κ3) is 57.6. The molecule has 0 aromatic carbocycles. The van der Waals surface area contributed by atoms with Crippen molar-refractivity contribution in [3.8, 4) is 0 Å². The normalized spacial score (nSPS) is 12.7. The molecule has 2 atom stereocenters. The Labute approximate surface area is 450 Å². The Kier molecular flexibility index (Phi) is 60.5. The number of allylic oxidation sites excluding steroid dienone is 3. The molecule has 1 amide bonds. The van der Waals surface area contributed by atoms with Crippen molar-refractivity contribution in [3.05, 3.63) is 24.3 Å². The van der Waals surface area contributed by atoms with Crippen LogP contribution in [0, 0.1) is 0 Å². The minimum atomic E-state index is -0.856. The Hall–Kier alpha value is -1.66. The quantitative estimate of drug-likeness (QED) is 0.0320. The smallest absolute Gasteiger partial charge is 0.305 e. The molecule has 2 unspecified atom stereocenters. The van der Waals surface area contributed by atoms with E-state index in [0.29, 0.717) is 19.4 Å². The van der Waals surface area contributed by atoms with E-state index in [4.69, 9.17) is 4.74 Å². The zero-order valence-corrected chi connectivity index (χ0v) is 48.7. The molecule has 0 saturated carbocycles. The van der Waals surface area contributed by atoms with Crippen LogP contribution in [-0.2, 0) is 14.3 Å². The number of unbranched alkanes of at least 4 members (excludes halogenated alkanes) is 48. The lowest BCUT2D eigenvalue weighted by Crippen LogP contribution is -2.45. The van der Waals surface area contributed by atoms with Crippen LogP contribution in [0.3, 0.4) is 0 Å². The van der Waals surface area contributed by atoms with E-state index in [1.165, 1.54) is 270 Å². The Morgan fingerprint density at radius 3 is 0.986 bits per heavy atom. The van der Waals surface area contributed by atoms with Crippen LogP contribution in [0.25, 0.3) is 0 Å². The molecule has 0 heterocycles. The average Bonchev–Trinajstić information content (AvgIpc) is 3.38. The summed E-state index contributed by atoms with van der Waals surface area (Å²) in [5.41, 5.74) is 0. The summed E-state index contributed by atoms with van der Waals surface area (Å²) < 4.78 is 5.48. The van der Waals surface area contributed by atoms with Gasteiger partial charge in [-0.2, -0.15) is 0 Å². The molecule has 0 aliphatic heterocycles. The van der Waals surface area contributed by atoms with Gasteiger partial charge >= 0.3 is 5.97 Å². The number of aliphatic hydroxyl groups is 2. The molecule has 0 saturated heterocycles. The molecule has 0 aromatic heterocycles. The van der Waals surface area contributed by atoms with E-state index < -0.39 is 12.1 Å². The molecule has 0 bridgehead atoms. The van der Waals surface area contributed by atoms with Gasteiger partial charge in [0.15, 0.2) is 0 Å². The molecule has 0 aliphatic rings. The number of rotatable bonds is 61. The van der Waals surface area contributed by atoms with E-state index in [1.807, 2.05) is 6.08 Å². The topological polar surface area (TPSA) is 95.9 Å². The van der Waals surface area contributed by atoms with Gasteiger partial charge in [0.1, 0.15) is 0 Å². The van der Waals surface area contributed by atoms with E-state index in [1.54, 1.807) is 6.08 Å². The predicted octanol–water partition coefficient (Wildman–Crippen LogP) is 20.6. The fourth-order valence-electron chi connectivity index (χ4n) is 10.2. The first-order chi connectivity index (χ1) is 35.5. The van der Waals surface area contributed by atoms with Gasteiger partial charge < -0.3 is 20.3 Å². The van der Waals surface area contributed by atoms with Crippen LogP contribution in [0.15, 0.2) is 24.3 Å². The molecule has 6 heteroatoms. The Bertz CT molecular complexity index is 1120. The van der Waals surface area contributed by atoms with Crippen molar-refractivity contribution in [1.29, 1.82) is 0 Å². The first-order valence-electron chi connectivity index (χ1n) is 32.6. The summed E-state index contributed by atoms with van der Waals surface area (Å²) in [7, 11) is 0. The van der Waals surface area contributed by atoms with E-state index >= 15 is 0 Å².